The largest absolute Gasteiger partial charge is 0.492 e. The average molecular weight is 511 g/mol. The van der Waals surface area contributed by atoms with Crippen molar-refractivity contribution in [2.24, 2.45) is 5.92 Å². The maximum Gasteiger partial charge on any atom is 0.333 e. The van der Waals surface area contributed by atoms with E-state index in [2.05, 4.69) is 31.3 Å². The van der Waals surface area contributed by atoms with E-state index in [4.69, 9.17) is 9.47 Å². The molecule has 3 rings (SSSR count). The molecule has 1 atom stereocenters. The number of rotatable bonds is 14. The van der Waals surface area contributed by atoms with Crippen LogP contribution in [-0.2, 0) is 16.0 Å². The first-order valence-electron chi connectivity index (χ1n) is 13.6. The van der Waals surface area contributed by atoms with Gasteiger partial charge in [-0.2, -0.15) is 0 Å². The van der Waals surface area contributed by atoms with E-state index >= 15 is 0 Å². The van der Waals surface area contributed by atoms with Crippen LogP contribution >= 0.6 is 0 Å². The molecular weight excluding hydrogens is 468 g/mol. The van der Waals surface area contributed by atoms with Crippen LogP contribution < -0.4 is 10.1 Å². The van der Waals surface area contributed by atoms with Crippen LogP contribution in [0.3, 0.4) is 0 Å². The maximum absolute atomic E-state index is 13.1. The normalized spacial score (nSPS) is 14.5. The summed E-state index contributed by atoms with van der Waals surface area (Å²) < 4.78 is 11.2. The molecule has 37 heavy (non-hydrogen) atoms. The molecule has 2 amide bonds. The van der Waals surface area contributed by atoms with Gasteiger partial charge in [-0.15, -0.1) is 0 Å². The van der Waals surface area contributed by atoms with E-state index in [1.54, 1.807) is 6.92 Å². The van der Waals surface area contributed by atoms with Gasteiger partial charge in [-0.25, -0.2) is 9.59 Å². The van der Waals surface area contributed by atoms with Gasteiger partial charge < -0.3 is 24.8 Å². The second-order valence-electron chi connectivity index (χ2n) is 10.1. The van der Waals surface area contributed by atoms with Crippen molar-refractivity contribution in [3.63, 3.8) is 0 Å². The maximum atomic E-state index is 13.1. The molecule has 0 spiro atoms. The van der Waals surface area contributed by atoms with E-state index in [0.717, 1.165) is 17.7 Å². The number of carboxylic acid groups (broad SMARTS) is 1. The van der Waals surface area contributed by atoms with Crippen molar-refractivity contribution < 1.29 is 24.2 Å². The van der Waals surface area contributed by atoms with Crippen LogP contribution in [0.25, 0.3) is 0 Å². The third-order valence-electron chi connectivity index (χ3n) is 7.02. The van der Waals surface area contributed by atoms with Crippen molar-refractivity contribution in [1.29, 1.82) is 0 Å². The quantitative estimate of drug-likeness (QED) is 0.310. The highest BCUT2D eigenvalue weighted by Gasteiger charge is 2.20. The molecule has 0 bridgehead atoms. The Bertz CT molecular complexity index is 968. The number of nitrogens with one attached hydrogen (secondary N) is 1. The number of benzene rings is 2. The fraction of sp³-hybridized carbons (Fsp3) is 0.533. The lowest BCUT2D eigenvalue weighted by Crippen LogP contribution is -2.39. The van der Waals surface area contributed by atoms with E-state index in [0.29, 0.717) is 50.3 Å². The molecule has 0 heterocycles. The van der Waals surface area contributed by atoms with E-state index in [1.165, 1.54) is 31.2 Å². The Morgan fingerprint density at radius 2 is 1.70 bits per heavy atom. The van der Waals surface area contributed by atoms with E-state index < -0.39 is 12.1 Å². The minimum atomic E-state index is -0.964. The highest BCUT2D eigenvalue weighted by molar-refractivity contribution is 5.89. The molecule has 202 valence electrons. The second-order valence-corrected chi connectivity index (χ2v) is 10.1. The van der Waals surface area contributed by atoms with Gasteiger partial charge in [0.25, 0.3) is 0 Å². The molecule has 0 aromatic heterocycles. The molecule has 2 aromatic carbocycles. The number of anilines is 1. The minimum Gasteiger partial charge on any atom is -0.492 e. The number of amides is 2. The van der Waals surface area contributed by atoms with Crippen molar-refractivity contribution in [3.05, 3.63) is 59.7 Å². The third-order valence-corrected chi connectivity index (χ3v) is 7.02. The fourth-order valence-electron chi connectivity index (χ4n) is 4.73. The van der Waals surface area contributed by atoms with Gasteiger partial charge in [-0.3, -0.25) is 0 Å². The smallest absolute Gasteiger partial charge is 0.333 e. The first-order valence-corrected chi connectivity index (χ1v) is 13.6. The first-order chi connectivity index (χ1) is 17.9. The third kappa shape index (κ3) is 9.39. The van der Waals surface area contributed by atoms with Gasteiger partial charge in [-0.05, 0) is 60.6 Å². The van der Waals surface area contributed by atoms with Crippen LogP contribution in [0, 0.1) is 5.92 Å². The number of carbonyl (C=O) groups excluding carboxylic acids is 1. The molecule has 1 aliphatic rings. The molecule has 7 nitrogen and oxygen atoms in total. The number of hydrogen-bond donors (Lipinski definition) is 2. The fourth-order valence-corrected chi connectivity index (χ4v) is 4.73. The lowest BCUT2D eigenvalue weighted by molar-refractivity contribution is -0.149. The molecule has 0 aliphatic heterocycles. The molecule has 2 N–H and O–H groups in total. The van der Waals surface area contributed by atoms with Crippen LogP contribution in [0.1, 0.15) is 69.9 Å². The Morgan fingerprint density at radius 1 is 1.03 bits per heavy atom. The number of aliphatic carboxylic acids is 1. The monoisotopic (exact) mass is 510 g/mol. The zero-order valence-corrected chi connectivity index (χ0v) is 22.4. The summed E-state index contributed by atoms with van der Waals surface area (Å²) in [6, 6.07) is 15.3. The van der Waals surface area contributed by atoms with E-state index in [9.17, 15) is 14.7 Å². The zero-order valence-electron chi connectivity index (χ0n) is 22.4. The van der Waals surface area contributed by atoms with Crippen LogP contribution in [0.2, 0.25) is 0 Å². The molecular formula is C30H42N2O5. The number of hydrogen-bond acceptors (Lipinski definition) is 4. The van der Waals surface area contributed by atoms with Gasteiger partial charge in [0.05, 0.1) is 6.54 Å². The number of ether oxygens (including phenoxy) is 2. The predicted octanol–water partition coefficient (Wildman–Crippen LogP) is 6.34. The van der Waals surface area contributed by atoms with E-state index in [-0.39, 0.29) is 6.03 Å². The second kappa shape index (κ2) is 14.6. The van der Waals surface area contributed by atoms with Gasteiger partial charge in [0.15, 0.2) is 6.10 Å². The van der Waals surface area contributed by atoms with Crippen molar-refractivity contribution in [1.82, 2.24) is 4.90 Å². The molecule has 1 saturated carbocycles. The number of carboxylic acids is 1. The topological polar surface area (TPSA) is 88.1 Å². The van der Waals surface area contributed by atoms with Crippen molar-refractivity contribution in [2.45, 2.75) is 71.3 Å². The number of carbonyl (C=O) groups is 2. The molecule has 1 aliphatic carbocycles. The molecule has 1 unspecified atom stereocenters. The average Bonchev–Trinajstić information content (AvgIpc) is 3.40. The summed E-state index contributed by atoms with van der Waals surface area (Å²) in [4.78, 5) is 26.3. The van der Waals surface area contributed by atoms with Crippen LogP contribution in [0.5, 0.6) is 5.75 Å². The Hall–Kier alpha value is -3.06. The molecule has 2 aromatic rings. The summed E-state index contributed by atoms with van der Waals surface area (Å²) in [6.45, 7) is 8.01. The van der Waals surface area contributed by atoms with Gasteiger partial charge in [0.1, 0.15) is 12.4 Å². The summed E-state index contributed by atoms with van der Waals surface area (Å²) in [6.07, 6.45) is 5.54. The summed E-state index contributed by atoms with van der Waals surface area (Å²) in [5.41, 5.74) is 2.91. The van der Waals surface area contributed by atoms with Crippen molar-refractivity contribution in [3.8, 4) is 5.75 Å². The van der Waals surface area contributed by atoms with Crippen LogP contribution in [0.4, 0.5) is 10.5 Å². The van der Waals surface area contributed by atoms with Crippen molar-refractivity contribution >= 4 is 17.7 Å². The van der Waals surface area contributed by atoms with Gasteiger partial charge in [0.2, 0.25) is 0 Å². The molecule has 0 saturated heterocycles. The highest BCUT2D eigenvalue weighted by Crippen LogP contribution is 2.28. The number of nitrogens with zero attached hydrogens (tertiary/aromatic N) is 1. The Morgan fingerprint density at radius 3 is 2.30 bits per heavy atom. The van der Waals surface area contributed by atoms with E-state index in [1.807, 2.05) is 41.3 Å². The van der Waals surface area contributed by atoms with Crippen molar-refractivity contribution in [2.75, 3.05) is 31.6 Å². The first kappa shape index (κ1) is 28.5. The molecule has 1 fully saturated rings. The standard InChI is InChI=1S/C30H42N2O5/c1-4-36-28(29(33)34)21-24-9-15-27(16-10-24)37-20-19-32(18-17-23-7-5-6-8-23)30(35)31-26-13-11-25(12-14-26)22(2)3/h9-16,22-23,28H,4-8,17-21H2,1-3H3,(H,31,35)(H,33,34). The highest BCUT2D eigenvalue weighted by atomic mass is 16.5. The SMILES string of the molecule is CCOC(Cc1ccc(OCCN(CCC2CCCC2)C(=O)Nc2ccc(C(C)C)cc2)cc1)C(=O)O. The Balaban J connectivity index is 1.54. The molecule has 7 heteroatoms. The summed E-state index contributed by atoms with van der Waals surface area (Å²) in [5.74, 6) is 0.865. The lowest BCUT2D eigenvalue weighted by Gasteiger charge is -2.25. The summed E-state index contributed by atoms with van der Waals surface area (Å²) >= 11 is 0. The van der Waals surface area contributed by atoms with Crippen LogP contribution in [-0.4, -0.2) is 54.4 Å². The van der Waals surface area contributed by atoms with Gasteiger partial charge in [-0.1, -0.05) is 63.8 Å². The van der Waals surface area contributed by atoms with Gasteiger partial charge >= 0.3 is 12.0 Å². The van der Waals surface area contributed by atoms with Crippen LogP contribution in [0.15, 0.2) is 48.5 Å². The minimum absolute atomic E-state index is 0.107. The zero-order chi connectivity index (χ0) is 26.6. The number of urea groups is 1. The predicted molar refractivity (Wildman–Crippen MR) is 146 cm³/mol. The Kier molecular flexibility index (Phi) is 11.3. The molecule has 0 radical (unpaired) electrons. The summed E-state index contributed by atoms with van der Waals surface area (Å²) in [7, 11) is 0. The summed E-state index contributed by atoms with van der Waals surface area (Å²) in [5, 5.41) is 12.3. The van der Waals surface area contributed by atoms with Gasteiger partial charge in [0, 0.05) is 25.3 Å². The lowest BCUT2D eigenvalue weighted by atomic mass is 10.0. The Labute approximate surface area is 221 Å².